The summed E-state index contributed by atoms with van der Waals surface area (Å²) in [5.74, 6) is 0. The second-order valence-electron chi connectivity index (χ2n) is 2.81. The number of aliphatic hydroxyl groups is 4. The van der Waals surface area contributed by atoms with Crippen LogP contribution in [0.3, 0.4) is 0 Å². The second-order valence-corrected chi connectivity index (χ2v) is 2.81. The molecule has 72 valence electrons. The average Bonchev–Trinajstić information content (AvgIpc) is 2.32. The van der Waals surface area contributed by atoms with Crippen molar-refractivity contribution < 1.29 is 25.2 Å². The van der Waals surface area contributed by atoms with Crippen LogP contribution in [0.5, 0.6) is 0 Å². The van der Waals surface area contributed by atoms with Crippen LogP contribution in [0.4, 0.5) is 0 Å². The number of ether oxygens (including phenoxy) is 1. The van der Waals surface area contributed by atoms with Crippen molar-refractivity contribution >= 4 is 0 Å². The summed E-state index contributed by atoms with van der Waals surface area (Å²) < 4.78 is 4.71. The topological polar surface area (TPSA) is 116 Å². The molecule has 0 aromatic heterocycles. The highest BCUT2D eigenvalue weighted by atomic mass is 16.6. The van der Waals surface area contributed by atoms with Crippen LogP contribution >= 0.6 is 0 Å². The van der Waals surface area contributed by atoms with Gasteiger partial charge in [0.2, 0.25) is 0 Å². The average molecular weight is 179 g/mol. The molecule has 0 amide bonds. The monoisotopic (exact) mass is 179 g/mol. The van der Waals surface area contributed by atoms with Gasteiger partial charge in [0.15, 0.2) is 6.29 Å². The lowest BCUT2D eigenvalue weighted by Gasteiger charge is -2.18. The zero-order valence-corrected chi connectivity index (χ0v) is 6.37. The van der Waals surface area contributed by atoms with Crippen LogP contribution in [0, 0.1) is 0 Å². The third kappa shape index (κ3) is 1.58. The summed E-state index contributed by atoms with van der Waals surface area (Å²) in [5.41, 5.74) is 5.29. The van der Waals surface area contributed by atoms with E-state index in [0.29, 0.717) is 0 Å². The Hall–Kier alpha value is -0.240. The predicted octanol–water partition coefficient (Wildman–Crippen LogP) is -3.26. The molecule has 6 N–H and O–H groups in total. The second kappa shape index (κ2) is 3.65. The van der Waals surface area contributed by atoms with Crippen LogP contribution < -0.4 is 5.73 Å². The molecular formula is C6H13NO5. The molecule has 1 saturated heterocycles. The largest absolute Gasteiger partial charge is 0.394 e. The maximum absolute atomic E-state index is 9.25. The number of rotatable bonds is 2. The molecular weight excluding hydrogens is 166 g/mol. The van der Waals surface area contributed by atoms with Crippen LogP contribution in [0.1, 0.15) is 0 Å². The highest BCUT2D eigenvalue weighted by Crippen LogP contribution is 2.20. The minimum atomic E-state index is -1.29. The van der Waals surface area contributed by atoms with Gasteiger partial charge in [-0.15, -0.1) is 0 Å². The lowest BCUT2D eigenvalue weighted by atomic mass is 10.1. The highest BCUT2D eigenvalue weighted by molar-refractivity contribution is 4.92. The molecule has 6 heteroatoms. The summed E-state index contributed by atoms with van der Waals surface area (Å²) in [5, 5.41) is 35.8. The lowest BCUT2D eigenvalue weighted by Crippen LogP contribution is -2.44. The molecule has 0 bridgehead atoms. The maximum Gasteiger partial charge on any atom is 0.173 e. The Bertz CT molecular complexity index is 155. The summed E-state index contributed by atoms with van der Waals surface area (Å²) in [6, 6.07) is -0.934. The first-order valence-electron chi connectivity index (χ1n) is 3.64. The molecule has 1 aliphatic rings. The van der Waals surface area contributed by atoms with Gasteiger partial charge in [-0.2, -0.15) is 0 Å². The van der Waals surface area contributed by atoms with Crippen LogP contribution in [-0.2, 0) is 4.74 Å². The molecule has 1 fully saturated rings. The summed E-state index contributed by atoms with van der Waals surface area (Å²) in [7, 11) is 0. The zero-order chi connectivity index (χ0) is 9.30. The lowest BCUT2D eigenvalue weighted by molar-refractivity contribution is -0.138. The number of aliphatic hydroxyl groups excluding tert-OH is 4. The van der Waals surface area contributed by atoms with E-state index < -0.39 is 37.3 Å². The van der Waals surface area contributed by atoms with E-state index in [1.54, 1.807) is 0 Å². The fraction of sp³-hybridized carbons (Fsp3) is 1.00. The van der Waals surface area contributed by atoms with E-state index >= 15 is 0 Å². The standard InChI is InChI=1S/C6H13NO5/c7-3-4(10)5(2(9)1-8)12-6(3)11/h2-6,8-11H,1,7H2/t2-,3-,4-,5-,6?/m1/s1. The Balaban J connectivity index is 2.58. The van der Waals surface area contributed by atoms with Gasteiger partial charge in [-0.3, -0.25) is 0 Å². The van der Waals surface area contributed by atoms with Gasteiger partial charge in [-0.1, -0.05) is 0 Å². The third-order valence-corrected chi connectivity index (χ3v) is 1.92. The molecule has 6 nitrogen and oxygen atoms in total. The minimum absolute atomic E-state index is 0.541. The normalized spacial score (nSPS) is 44.8. The smallest absolute Gasteiger partial charge is 0.173 e. The summed E-state index contributed by atoms with van der Waals surface area (Å²) in [4.78, 5) is 0. The summed E-state index contributed by atoms with van der Waals surface area (Å²) in [6.45, 7) is -0.541. The molecule has 0 aliphatic carbocycles. The first kappa shape index (κ1) is 9.85. The fourth-order valence-electron chi connectivity index (χ4n) is 1.14. The molecule has 1 heterocycles. The Morgan fingerprint density at radius 3 is 2.33 bits per heavy atom. The molecule has 0 spiro atoms. The Morgan fingerprint density at radius 2 is 2.00 bits per heavy atom. The van der Waals surface area contributed by atoms with Gasteiger partial charge in [0, 0.05) is 0 Å². The van der Waals surface area contributed by atoms with Crippen molar-refractivity contribution in [2.24, 2.45) is 5.73 Å². The van der Waals surface area contributed by atoms with Gasteiger partial charge in [0.1, 0.15) is 18.3 Å². The van der Waals surface area contributed by atoms with Crippen molar-refractivity contribution in [2.75, 3.05) is 6.61 Å². The number of hydrogen-bond acceptors (Lipinski definition) is 6. The zero-order valence-electron chi connectivity index (χ0n) is 6.37. The predicted molar refractivity (Wildman–Crippen MR) is 38.0 cm³/mol. The molecule has 0 saturated carbocycles. The first-order chi connectivity index (χ1) is 5.57. The molecule has 0 aromatic rings. The van der Waals surface area contributed by atoms with Gasteiger partial charge in [0.05, 0.1) is 12.6 Å². The van der Waals surface area contributed by atoms with Crippen LogP contribution in [-0.4, -0.2) is 57.7 Å². The first-order valence-corrected chi connectivity index (χ1v) is 3.64. The van der Waals surface area contributed by atoms with Crippen molar-refractivity contribution in [3.8, 4) is 0 Å². The summed E-state index contributed by atoms with van der Waals surface area (Å²) >= 11 is 0. The van der Waals surface area contributed by atoms with E-state index in [0.717, 1.165) is 0 Å². The highest BCUT2D eigenvalue weighted by Gasteiger charge is 2.43. The van der Waals surface area contributed by atoms with Crippen LogP contribution in [0.2, 0.25) is 0 Å². The van der Waals surface area contributed by atoms with E-state index in [1.165, 1.54) is 0 Å². The minimum Gasteiger partial charge on any atom is -0.394 e. The van der Waals surface area contributed by atoms with Crippen molar-refractivity contribution in [1.29, 1.82) is 0 Å². The molecule has 5 atom stereocenters. The van der Waals surface area contributed by atoms with Crippen molar-refractivity contribution in [3.63, 3.8) is 0 Å². The maximum atomic E-state index is 9.25. The van der Waals surface area contributed by atoms with Crippen LogP contribution in [0.25, 0.3) is 0 Å². The molecule has 0 aromatic carbocycles. The molecule has 0 radical (unpaired) electrons. The van der Waals surface area contributed by atoms with Crippen LogP contribution in [0.15, 0.2) is 0 Å². The SMILES string of the molecule is N[C@H]1C(O)O[C@H]([C@H](O)CO)[C@@H]1O. The molecule has 1 aliphatic heterocycles. The van der Waals surface area contributed by atoms with Gasteiger partial charge >= 0.3 is 0 Å². The molecule has 1 unspecified atom stereocenters. The quantitative estimate of drug-likeness (QED) is 0.304. The Kier molecular flexibility index (Phi) is 2.99. The van der Waals surface area contributed by atoms with E-state index in [9.17, 15) is 5.11 Å². The number of nitrogens with two attached hydrogens (primary N) is 1. The van der Waals surface area contributed by atoms with E-state index in [1.807, 2.05) is 0 Å². The Labute approximate surface area is 69.2 Å². The van der Waals surface area contributed by atoms with Gasteiger partial charge in [0.25, 0.3) is 0 Å². The van der Waals surface area contributed by atoms with Crippen molar-refractivity contribution in [1.82, 2.24) is 0 Å². The van der Waals surface area contributed by atoms with E-state index in [-0.39, 0.29) is 0 Å². The van der Waals surface area contributed by atoms with Crippen molar-refractivity contribution in [2.45, 2.75) is 30.6 Å². The van der Waals surface area contributed by atoms with E-state index in [2.05, 4.69) is 0 Å². The summed E-state index contributed by atoms with van der Waals surface area (Å²) in [6.07, 6.45) is -4.67. The van der Waals surface area contributed by atoms with Gasteiger partial charge in [-0.05, 0) is 0 Å². The van der Waals surface area contributed by atoms with Crippen molar-refractivity contribution in [3.05, 3.63) is 0 Å². The van der Waals surface area contributed by atoms with Gasteiger partial charge in [-0.25, -0.2) is 0 Å². The number of hydrogen-bond donors (Lipinski definition) is 5. The van der Waals surface area contributed by atoms with Gasteiger partial charge < -0.3 is 30.9 Å². The Morgan fingerprint density at radius 1 is 1.42 bits per heavy atom. The molecule has 12 heavy (non-hydrogen) atoms. The fourth-order valence-corrected chi connectivity index (χ4v) is 1.14. The van der Waals surface area contributed by atoms with E-state index in [4.69, 9.17) is 25.8 Å². The third-order valence-electron chi connectivity index (χ3n) is 1.92. The molecule has 1 rings (SSSR count).